The number of aromatic nitrogens is 3. The zero-order valence-corrected chi connectivity index (χ0v) is 16.1. The first kappa shape index (κ1) is 20.4. The summed E-state index contributed by atoms with van der Waals surface area (Å²) in [5, 5.41) is -0.276. The zero-order chi connectivity index (χ0) is 20.9. The number of nitrogens with zero attached hydrogens (tertiary/aromatic N) is 4. The minimum Gasteiger partial charge on any atom is -0.281 e. The summed E-state index contributed by atoms with van der Waals surface area (Å²) < 4.78 is 69.6. The number of fused-ring (bicyclic) bond motifs is 1. The van der Waals surface area contributed by atoms with E-state index in [2.05, 4.69) is 4.98 Å². The van der Waals surface area contributed by atoms with E-state index in [1.54, 1.807) is 0 Å². The van der Waals surface area contributed by atoms with E-state index in [1.807, 2.05) is 0 Å². The number of hydrogen-bond acceptors (Lipinski definition) is 4. The fourth-order valence-electron chi connectivity index (χ4n) is 2.80. The second-order valence-corrected chi connectivity index (χ2v) is 8.38. The first-order chi connectivity index (χ1) is 12.9. The van der Waals surface area contributed by atoms with Gasteiger partial charge in [0, 0.05) is 31.4 Å². The van der Waals surface area contributed by atoms with E-state index in [-0.39, 0.29) is 20.7 Å². The molecule has 0 N–H and O–H groups in total. The predicted molar refractivity (Wildman–Crippen MR) is 95.6 cm³/mol. The molecule has 28 heavy (non-hydrogen) atoms. The van der Waals surface area contributed by atoms with Gasteiger partial charge in [0.05, 0.1) is 6.20 Å². The summed E-state index contributed by atoms with van der Waals surface area (Å²) in [6.07, 6.45) is -2.82. The first-order valence-electron chi connectivity index (χ1n) is 7.78. The number of benzene rings is 1. The molecule has 0 spiro atoms. The van der Waals surface area contributed by atoms with Crippen LogP contribution >= 0.6 is 11.6 Å². The van der Waals surface area contributed by atoms with Gasteiger partial charge >= 0.3 is 6.18 Å². The summed E-state index contributed by atoms with van der Waals surface area (Å²) in [5.74, 6) is -0.0190. The maximum absolute atomic E-state index is 13.8. The molecule has 3 rings (SSSR count). The van der Waals surface area contributed by atoms with Gasteiger partial charge in [-0.25, -0.2) is 13.4 Å². The first-order valence-corrected chi connectivity index (χ1v) is 9.59. The van der Waals surface area contributed by atoms with Crippen molar-refractivity contribution < 1.29 is 21.6 Å². The van der Waals surface area contributed by atoms with Crippen LogP contribution in [0, 0.1) is 0 Å². The van der Waals surface area contributed by atoms with Crippen LogP contribution in [0.25, 0.3) is 5.78 Å². The van der Waals surface area contributed by atoms with Crippen LogP contribution in [0.1, 0.15) is 11.6 Å². The summed E-state index contributed by atoms with van der Waals surface area (Å²) >= 11 is 5.72. The molecule has 2 heterocycles. The van der Waals surface area contributed by atoms with E-state index in [0.717, 1.165) is 46.6 Å². The molecule has 150 valence electrons. The van der Waals surface area contributed by atoms with Crippen molar-refractivity contribution in [2.24, 2.45) is 7.05 Å². The Labute approximate surface area is 162 Å². The van der Waals surface area contributed by atoms with Gasteiger partial charge in [-0.3, -0.25) is 13.8 Å². The van der Waals surface area contributed by atoms with E-state index in [9.17, 15) is 26.4 Å². The van der Waals surface area contributed by atoms with E-state index in [4.69, 9.17) is 11.6 Å². The zero-order valence-electron chi connectivity index (χ0n) is 14.6. The van der Waals surface area contributed by atoms with E-state index in [0.29, 0.717) is 0 Å². The normalized spacial score (nSPS) is 14.0. The van der Waals surface area contributed by atoms with Gasteiger partial charge < -0.3 is 0 Å². The van der Waals surface area contributed by atoms with Crippen LogP contribution in [0.2, 0.25) is 5.02 Å². The van der Waals surface area contributed by atoms with Crippen LogP contribution in [0.5, 0.6) is 0 Å². The minimum atomic E-state index is -4.89. The number of alkyl halides is 3. The fourth-order valence-corrected chi connectivity index (χ4v) is 4.32. The Hall–Kier alpha value is -2.37. The lowest BCUT2D eigenvalue weighted by molar-refractivity contribution is -0.171. The Bertz CT molecular complexity index is 1190. The summed E-state index contributed by atoms with van der Waals surface area (Å²) in [6, 6.07) is 3.39. The van der Waals surface area contributed by atoms with Crippen molar-refractivity contribution in [3.8, 4) is 0 Å². The maximum Gasteiger partial charge on any atom is 0.409 e. The molecule has 0 amide bonds. The fraction of sp³-hybridized carbons (Fsp3) is 0.250. The average Bonchev–Trinajstić information content (AvgIpc) is 3.04. The van der Waals surface area contributed by atoms with Gasteiger partial charge in [0.15, 0.2) is 5.03 Å². The Morgan fingerprint density at radius 1 is 1.18 bits per heavy atom. The van der Waals surface area contributed by atoms with Gasteiger partial charge in [-0.05, 0) is 17.7 Å². The monoisotopic (exact) mass is 434 g/mol. The molecule has 0 aliphatic carbocycles. The van der Waals surface area contributed by atoms with Crippen LogP contribution in [-0.2, 0) is 17.1 Å². The number of sulfonamides is 1. The van der Waals surface area contributed by atoms with E-state index >= 15 is 0 Å². The van der Waals surface area contributed by atoms with Crippen LogP contribution in [0.15, 0.2) is 52.5 Å². The van der Waals surface area contributed by atoms with Gasteiger partial charge in [-0.1, -0.05) is 23.7 Å². The molecular formula is C16H14ClF3N4O3S. The molecule has 12 heteroatoms. The highest BCUT2D eigenvalue weighted by Gasteiger charge is 2.48. The molecule has 2 aromatic heterocycles. The number of halogens is 4. The third kappa shape index (κ3) is 3.40. The van der Waals surface area contributed by atoms with Crippen LogP contribution < -0.4 is 5.56 Å². The Morgan fingerprint density at radius 3 is 2.36 bits per heavy atom. The van der Waals surface area contributed by atoms with Gasteiger partial charge in [0.25, 0.3) is 15.6 Å². The van der Waals surface area contributed by atoms with Crippen molar-refractivity contribution in [2.75, 3.05) is 7.05 Å². The van der Waals surface area contributed by atoms with Gasteiger partial charge in [0.2, 0.25) is 5.78 Å². The minimum absolute atomic E-state index is 0.0190. The summed E-state index contributed by atoms with van der Waals surface area (Å²) in [4.78, 5) is 15.5. The topological polar surface area (TPSA) is 76.7 Å². The standard InChI is InChI=1S/C16H14ClF3N4O3S/c1-22-12(25)7-8-24-13(9-21-15(22)24)28(26,27)23(2)14(16(18,19)20)10-3-5-11(17)6-4-10/h3-9,14H,1-2H3. The smallest absolute Gasteiger partial charge is 0.281 e. The number of aryl methyl sites for hydroxylation is 1. The maximum atomic E-state index is 13.8. The average molecular weight is 435 g/mol. The molecule has 1 aromatic carbocycles. The third-order valence-electron chi connectivity index (χ3n) is 4.24. The lowest BCUT2D eigenvalue weighted by Gasteiger charge is -2.29. The second kappa shape index (κ2) is 6.90. The van der Waals surface area contributed by atoms with Crippen molar-refractivity contribution >= 4 is 27.4 Å². The van der Waals surface area contributed by atoms with E-state index < -0.39 is 32.8 Å². The number of hydrogen-bond donors (Lipinski definition) is 0. The molecule has 0 bridgehead atoms. The van der Waals surface area contributed by atoms with Crippen molar-refractivity contribution in [3.05, 3.63) is 63.7 Å². The molecule has 3 aromatic rings. The molecular weight excluding hydrogens is 421 g/mol. The molecule has 0 saturated carbocycles. The molecule has 1 atom stereocenters. The summed E-state index contributed by atoms with van der Waals surface area (Å²) in [5.41, 5.74) is -0.728. The Morgan fingerprint density at radius 2 is 1.79 bits per heavy atom. The second-order valence-electron chi connectivity index (χ2n) is 6.00. The van der Waals surface area contributed by atoms with Crippen molar-refractivity contribution in [1.82, 2.24) is 18.3 Å². The molecule has 0 aliphatic rings. The highest BCUT2D eigenvalue weighted by Crippen LogP contribution is 2.39. The number of rotatable bonds is 4. The Kier molecular flexibility index (Phi) is 5.02. The van der Waals surface area contributed by atoms with Gasteiger partial charge in [-0.2, -0.15) is 17.5 Å². The molecule has 7 nitrogen and oxygen atoms in total. The Balaban J connectivity index is 2.15. The molecule has 1 unspecified atom stereocenters. The van der Waals surface area contributed by atoms with Gasteiger partial charge in [0.1, 0.15) is 6.04 Å². The van der Waals surface area contributed by atoms with Crippen molar-refractivity contribution in [1.29, 1.82) is 0 Å². The number of imidazole rings is 1. The molecule has 0 saturated heterocycles. The van der Waals surface area contributed by atoms with Crippen LogP contribution in [-0.4, -0.2) is 39.9 Å². The lowest BCUT2D eigenvalue weighted by atomic mass is 10.1. The third-order valence-corrected chi connectivity index (χ3v) is 6.29. The summed E-state index contributed by atoms with van der Waals surface area (Å²) in [6.45, 7) is 0. The van der Waals surface area contributed by atoms with Crippen LogP contribution in [0.3, 0.4) is 0 Å². The lowest BCUT2D eigenvalue weighted by Crippen LogP contribution is -2.40. The van der Waals surface area contributed by atoms with Crippen LogP contribution in [0.4, 0.5) is 13.2 Å². The highest BCUT2D eigenvalue weighted by molar-refractivity contribution is 7.89. The van der Waals surface area contributed by atoms with Gasteiger partial charge in [-0.15, -0.1) is 0 Å². The van der Waals surface area contributed by atoms with Crippen molar-refractivity contribution in [2.45, 2.75) is 17.2 Å². The quantitative estimate of drug-likeness (QED) is 0.632. The highest BCUT2D eigenvalue weighted by atomic mass is 35.5. The summed E-state index contributed by atoms with van der Waals surface area (Å²) in [7, 11) is -2.42. The molecule has 0 aliphatic heterocycles. The van der Waals surface area contributed by atoms with E-state index in [1.165, 1.54) is 19.2 Å². The predicted octanol–water partition coefficient (Wildman–Crippen LogP) is 2.61. The molecule has 0 radical (unpaired) electrons. The molecule has 0 fully saturated rings. The largest absolute Gasteiger partial charge is 0.409 e. The van der Waals surface area contributed by atoms with Crippen molar-refractivity contribution in [3.63, 3.8) is 0 Å². The SMILES string of the molecule is CN(C(c1ccc(Cl)cc1)C(F)(F)F)S(=O)(=O)c1cnc2n(C)c(=O)ccn12.